The second-order valence-electron chi connectivity index (χ2n) is 5.95. The molecule has 134 valence electrons. The Labute approximate surface area is 155 Å². The van der Waals surface area contributed by atoms with Crippen molar-refractivity contribution in [1.82, 2.24) is 9.97 Å². The van der Waals surface area contributed by atoms with Crippen LogP contribution in [0.25, 0.3) is 22.0 Å². The van der Waals surface area contributed by atoms with Crippen molar-refractivity contribution >= 4 is 22.4 Å². The number of phenolic OH excluding ortho intramolecular Hbond substituents is 1. The highest BCUT2D eigenvalue weighted by atomic mass is 19.1. The molecule has 27 heavy (non-hydrogen) atoms. The van der Waals surface area contributed by atoms with Gasteiger partial charge in [-0.3, -0.25) is 0 Å². The third kappa shape index (κ3) is 3.25. The number of rotatable bonds is 4. The van der Waals surface area contributed by atoms with Gasteiger partial charge in [-0.15, -0.1) is 0 Å². The number of halogens is 1. The molecule has 4 rings (SSSR count). The summed E-state index contributed by atoms with van der Waals surface area (Å²) < 4.78 is 19.2. The molecule has 0 spiro atoms. The lowest BCUT2D eigenvalue weighted by Gasteiger charge is -2.11. The van der Waals surface area contributed by atoms with Gasteiger partial charge in [0.2, 0.25) is 0 Å². The fraction of sp³-hybridized carbons (Fsp3) is 0.0476. The number of aromatic nitrogens is 2. The fourth-order valence-corrected chi connectivity index (χ4v) is 2.88. The largest absolute Gasteiger partial charge is 0.504 e. The summed E-state index contributed by atoms with van der Waals surface area (Å²) in [4.78, 5) is 8.55. The number of fused-ring (bicyclic) bond motifs is 1. The molecule has 1 heterocycles. The highest BCUT2D eigenvalue weighted by molar-refractivity contribution is 5.94. The standard InChI is InChI=1S/C21H16FN3O2/c1-27-20-11-14(7-9-19(20)26)13-6-8-17-15(10-13)21(24-12-23-17)25-18-5-3-2-4-16(18)22/h2-12,26H,1H3,(H,23,24,25). The zero-order valence-electron chi connectivity index (χ0n) is 14.5. The minimum atomic E-state index is -0.358. The van der Waals surface area contributed by atoms with Crippen LogP contribution in [0.1, 0.15) is 0 Å². The molecule has 2 N–H and O–H groups in total. The predicted molar refractivity (Wildman–Crippen MR) is 103 cm³/mol. The maximum absolute atomic E-state index is 14.0. The maximum atomic E-state index is 14.0. The molecular weight excluding hydrogens is 345 g/mol. The van der Waals surface area contributed by atoms with E-state index in [0.29, 0.717) is 17.3 Å². The van der Waals surface area contributed by atoms with Gasteiger partial charge in [-0.2, -0.15) is 0 Å². The van der Waals surface area contributed by atoms with Crippen molar-refractivity contribution in [2.75, 3.05) is 12.4 Å². The third-order valence-electron chi connectivity index (χ3n) is 4.28. The molecule has 0 aliphatic rings. The molecule has 0 amide bonds. The Bertz CT molecular complexity index is 1130. The number of hydrogen-bond acceptors (Lipinski definition) is 5. The Morgan fingerprint density at radius 1 is 0.963 bits per heavy atom. The Morgan fingerprint density at radius 2 is 1.74 bits per heavy atom. The van der Waals surface area contributed by atoms with Gasteiger partial charge in [0.1, 0.15) is 18.0 Å². The van der Waals surface area contributed by atoms with Crippen LogP contribution in [-0.4, -0.2) is 22.2 Å². The topological polar surface area (TPSA) is 67.3 Å². The first kappa shape index (κ1) is 16.8. The van der Waals surface area contributed by atoms with E-state index in [2.05, 4.69) is 15.3 Å². The third-order valence-corrected chi connectivity index (χ3v) is 4.28. The first-order valence-corrected chi connectivity index (χ1v) is 8.29. The molecule has 0 radical (unpaired) electrons. The van der Waals surface area contributed by atoms with Crippen LogP contribution in [0.3, 0.4) is 0 Å². The van der Waals surface area contributed by atoms with Crippen molar-refractivity contribution in [1.29, 1.82) is 0 Å². The normalized spacial score (nSPS) is 10.7. The number of phenols is 1. The van der Waals surface area contributed by atoms with Crippen LogP contribution in [0.4, 0.5) is 15.9 Å². The molecule has 3 aromatic carbocycles. The van der Waals surface area contributed by atoms with Gasteiger partial charge in [0, 0.05) is 5.39 Å². The highest BCUT2D eigenvalue weighted by Gasteiger charge is 2.10. The summed E-state index contributed by atoms with van der Waals surface area (Å²) in [5.74, 6) is 0.621. The second-order valence-corrected chi connectivity index (χ2v) is 5.95. The molecule has 0 aliphatic carbocycles. The number of hydrogen-bond donors (Lipinski definition) is 2. The van der Waals surface area contributed by atoms with E-state index in [1.54, 1.807) is 36.4 Å². The summed E-state index contributed by atoms with van der Waals surface area (Å²) in [6.45, 7) is 0. The molecule has 6 heteroatoms. The molecule has 1 aromatic heterocycles. The van der Waals surface area contributed by atoms with E-state index in [-0.39, 0.29) is 11.6 Å². The minimum absolute atomic E-state index is 0.0762. The summed E-state index contributed by atoms with van der Waals surface area (Å²) >= 11 is 0. The van der Waals surface area contributed by atoms with E-state index in [1.165, 1.54) is 19.5 Å². The average molecular weight is 361 g/mol. The van der Waals surface area contributed by atoms with Crippen molar-refractivity contribution in [3.63, 3.8) is 0 Å². The highest BCUT2D eigenvalue weighted by Crippen LogP contribution is 2.34. The molecule has 0 atom stereocenters. The average Bonchev–Trinajstić information content (AvgIpc) is 2.70. The number of aromatic hydroxyl groups is 1. The van der Waals surface area contributed by atoms with E-state index in [9.17, 15) is 9.50 Å². The Morgan fingerprint density at radius 3 is 2.56 bits per heavy atom. The predicted octanol–water partition coefficient (Wildman–Crippen LogP) is 4.89. The van der Waals surface area contributed by atoms with Crippen LogP contribution in [0.2, 0.25) is 0 Å². The van der Waals surface area contributed by atoms with Crippen molar-refractivity contribution in [3.05, 3.63) is 72.8 Å². The molecule has 0 saturated carbocycles. The van der Waals surface area contributed by atoms with E-state index >= 15 is 0 Å². The second kappa shape index (κ2) is 6.92. The Hall–Kier alpha value is -3.67. The lowest BCUT2D eigenvalue weighted by molar-refractivity contribution is 0.373. The van der Waals surface area contributed by atoms with Crippen LogP contribution in [0, 0.1) is 5.82 Å². The van der Waals surface area contributed by atoms with Crippen molar-refractivity contribution in [2.45, 2.75) is 0 Å². The minimum Gasteiger partial charge on any atom is -0.504 e. The Balaban J connectivity index is 1.81. The summed E-state index contributed by atoms with van der Waals surface area (Å²) in [5, 5.41) is 13.6. The number of nitrogens with one attached hydrogen (secondary N) is 1. The smallest absolute Gasteiger partial charge is 0.161 e. The summed E-state index contributed by atoms with van der Waals surface area (Å²) in [6.07, 6.45) is 1.44. The molecular formula is C21H16FN3O2. The van der Waals surface area contributed by atoms with Gasteiger partial charge in [0.25, 0.3) is 0 Å². The summed E-state index contributed by atoms with van der Waals surface area (Å²) in [6, 6.07) is 17.3. The van der Waals surface area contributed by atoms with Crippen LogP contribution >= 0.6 is 0 Å². The first-order valence-electron chi connectivity index (χ1n) is 8.29. The molecule has 0 saturated heterocycles. The lowest BCUT2D eigenvalue weighted by atomic mass is 10.0. The van der Waals surface area contributed by atoms with Crippen molar-refractivity contribution < 1.29 is 14.2 Å². The van der Waals surface area contributed by atoms with Gasteiger partial charge in [-0.25, -0.2) is 14.4 Å². The molecule has 0 aliphatic heterocycles. The van der Waals surface area contributed by atoms with Gasteiger partial charge in [-0.1, -0.05) is 24.3 Å². The molecule has 5 nitrogen and oxygen atoms in total. The van der Waals surface area contributed by atoms with Crippen LogP contribution < -0.4 is 10.1 Å². The molecule has 0 fully saturated rings. The van der Waals surface area contributed by atoms with Crippen LogP contribution in [0.15, 0.2) is 67.0 Å². The van der Waals surface area contributed by atoms with Gasteiger partial charge < -0.3 is 15.2 Å². The van der Waals surface area contributed by atoms with Crippen molar-refractivity contribution in [3.8, 4) is 22.6 Å². The zero-order valence-corrected chi connectivity index (χ0v) is 14.5. The van der Waals surface area contributed by atoms with Gasteiger partial charge >= 0.3 is 0 Å². The summed E-state index contributed by atoms with van der Waals surface area (Å²) in [7, 11) is 1.50. The van der Waals surface area contributed by atoms with Gasteiger partial charge in [0.05, 0.1) is 18.3 Å². The molecule has 4 aromatic rings. The monoisotopic (exact) mass is 361 g/mol. The number of nitrogens with zero attached hydrogens (tertiary/aromatic N) is 2. The van der Waals surface area contributed by atoms with Crippen molar-refractivity contribution in [2.24, 2.45) is 0 Å². The van der Waals surface area contributed by atoms with Crippen LogP contribution in [0.5, 0.6) is 11.5 Å². The van der Waals surface area contributed by atoms with E-state index < -0.39 is 0 Å². The molecule has 0 bridgehead atoms. The van der Waals surface area contributed by atoms with E-state index in [4.69, 9.17) is 4.74 Å². The maximum Gasteiger partial charge on any atom is 0.161 e. The van der Waals surface area contributed by atoms with Crippen LogP contribution in [-0.2, 0) is 0 Å². The number of para-hydroxylation sites is 1. The fourth-order valence-electron chi connectivity index (χ4n) is 2.88. The summed E-state index contributed by atoms with van der Waals surface area (Å²) in [5.41, 5.74) is 2.84. The van der Waals surface area contributed by atoms with E-state index in [0.717, 1.165) is 22.0 Å². The lowest BCUT2D eigenvalue weighted by Crippen LogP contribution is -1.98. The van der Waals surface area contributed by atoms with Gasteiger partial charge in [-0.05, 0) is 47.5 Å². The number of anilines is 2. The zero-order chi connectivity index (χ0) is 18.8. The number of methoxy groups -OCH3 is 1. The number of benzene rings is 3. The Kier molecular flexibility index (Phi) is 4.30. The van der Waals surface area contributed by atoms with Gasteiger partial charge in [0.15, 0.2) is 11.5 Å². The SMILES string of the molecule is COc1cc(-c2ccc3ncnc(Nc4ccccc4F)c3c2)ccc1O. The number of ether oxygens (including phenoxy) is 1. The quantitative estimate of drug-likeness (QED) is 0.541. The van der Waals surface area contributed by atoms with E-state index in [1.807, 2.05) is 18.2 Å². The first-order chi connectivity index (χ1) is 13.2. The molecule has 0 unspecified atom stereocenters.